The van der Waals surface area contributed by atoms with Crippen molar-refractivity contribution in [2.75, 3.05) is 13.4 Å². The average molecular weight is 362 g/mol. The highest BCUT2D eigenvalue weighted by atomic mass is 32.2. The minimum atomic E-state index is -3.87. The molecule has 2 rings (SSSR count). The average Bonchev–Trinajstić information content (AvgIpc) is 2.59. The largest absolute Gasteiger partial charge is 0.476 e. The fraction of sp³-hybridized carbons (Fsp3) is 0.176. The van der Waals surface area contributed by atoms with E-state index >= 15 is 0 Å². The second kappa shape index (κ2) is 8.12. The first-order valence-electron chi connectivity index (χ1n) is 7.10. The Morgan fingerprint density at radius 3 is 2.21 bits per heavy atom. The molecule has 0 fully saturated rings. The highest BCUT2D eigenvalue weighted by molar-refractivity contribution is 8.13. The zero-order chi connectivity index (χ0) is 17.6. The van der Waals surface area contributed by atoms with E-state index in [4.69, 9.17) is 4.74 Å². The third kappa shape index (κ3) is 4.69. The van der Waals surface area contributed by atoms with Crippen molar-refractivity contribution in [2.24, 2.45) is 9.39 Å². The summed E-state index contributed by atoms with van der Waals surface area (Å²) in [5.74, 6) is 0.0855. The van der Waals surface area contributed by atoms with Gasteiger partial charge in [0.15, 0.2) is 5.84 Å². The summed E-state index contributed by atoms with van der Waals surface area (Å²) < 4.78 is 34.2. The van der Waals surface area contributed by atoms with Gasteiger partial charge in [0.05, 0.1) is 12.0 Å². The monoisotopic (exact) mass is 362 g/mol. The molecule has 0 N–H and O–H groups in total. The number of hydrogen-bond donors (Lipinski definition) is 0. The summed E-state index contributed by atoms with van der Waals surface area (Å²) in [6.45, 7) is 1.89. The SMILES string of the molecule is COC(=NC(=NS(=O)(=O)c1ccc(C)cc1)c1ccccc1)SC. The number of thioether (sulfide) groups is 1. The molecule has 2 aromatic carbocycles. The van der Waals surface area contributed by atoms with Gasteiger partial charge in [-0.1, -0.05) is 59.8 Å². The number of amidine groups is 1. The van der Waals surface area contributed by atoms with Gasteiger partial charge in [0.1, 0.15) is 0 Å². The molecule has 0 aliphatic heterocycles. The Bertz CT molecular complexity index is 837. The van der Waals surface area contributed by atoms with Crippen molar-refractivity contribution >= 4 is 32.9 Å². The van der Waals surface area contributed by atoms with E-state index in [0.29, 0.717) is 10.8 Å². The van der Waals surface area contributed by atoms with Crippen molar-refractivity contribution in [1.82, 2.24) is 0 Å². The molecule has 0 amide bonds. The fourth-order valence-electron chi connectivity index (χ4n) is 1.86. The smallest absolute Gasteiger partial charge is 0.284 e. The van der Waals surface area contributed by atoms with Crippen LogP contribution in [0.2, 0.25) is 0 Å². The number of ether oxygens (including phenoxy) is 1. The van der Waals surface area contributed by atoms with Crippen LogP contribution in [0.1, 0.15) is 11.1 Å². The normalized spacial score (nSPS) is 13.0. The van der Waals surface area contributed by atoms with Crippen molar-refractivity contribution in [3.63, 3.8) is 0 Å². The minimum Gasteiger partial charge on any atom is -0.476 e. The van der Waals surface area contributed by atoms with Gasteiger partial charge in [-0.05, 0) is 25.3 Å². The van der Waals surface area contributed by atoms with Gasteiger partial charge in [0.2, 0.25) is 0 Å². The first-order valence-corrected chi connectivity index (χ1v) is 9.76. The zero-order valence-electron chi connectivity index (χ0n) is 13.6. The standard InChI is InChI=1S/C17H18N2O3S2/c1-13-9-11-15(12-10-13)24(20,21)19-16(18-17(22-2)23-3)14-7-5-4-6-8-14/h4-12H,1-3H3. The van der Waals surface area contributed by atoms with Gasteiger partial charge < -0.3 is 4.74 Å². The number of sulfonamides is 1. The molecular formula is C17H18N2O3S2. The van der Waals surface area contributed by atoms with E-state index in [1.54, 1.807) is 42.7 Å². The fourth-order valence-corrected chi connectivity index (χ4v) is 3.17. The van der Waals surface area contributed by atoms with Crippen LogP contribution < -0.4 is 0 Å². The molecule has 24 heavy (non-hydrogen) atoms. The number of nitrogens with zero attached hydrogens (tertiary/aromatic N) is 2. The quantitative estimate of drug-likeness (QED) is 0.619. The van der Waals surface area contributed by atoms with E-state index in [1.807, 2.05) is 13.0 Å². The molecule has 0 atom stereocenters. The van der Waals surface area contributed by atoms with Crippen LogP contribution in [0.15, 0.2) is 68.9 Å². The van der Waals surface area contributed by atoms with E-state index in [-0.39, 0.29) is 10.7 Å². The molecule has 0 saturated heterocycles. The van der Waals surface area contributed by atoms with E-state index in [9.17, 15) is 8.42 Å². The van der Waals surface area contributed by atoms with Crippen LogP contribution in [-0.4, -0.2) is 32.8 Å². The van der Waals surface area contributed by atoms with Crippen LogP contribution in [-0.2, 0) is 14.8 Å². The number of methoxy groups -OCH3 is 1. The number of aliphatic imine (C=N–C) groups is 1. The van der Waals surface area contributed by atoms with Gasteiger partial charge in [-0.3, -0.25) is 0 Å². The van der Waals surface area contributed by atoms with Crippen molar-refractivity contribution < 1.29 is 13.2 Å². The molecule has 0 aliphatic carbocycles. The summed E-state index contributed by atoms with van der Waals surface area (Å²) in [5.41, 5.74) is 1.57. The molecule has 5 nitrogen and oxygen atoms in total. The summed E-state index contributed by atoms with van der Waals surface area (Å²) >= 11 is 1.27. The van der Waals surface area contributed by atoms with Crippen LogP contribution in [0.5, 0.6) is 0 Å². The third-order valence-corrected chi connectivity index (χ3v) is 4.99. The first kappa shape index (κ1) is 18.2. The van der Waals surface area contributed by atoms with Crippen LogP contribution >= 0.6 is 11.8 Å². The van der Waals surface area contributed by atoms with Crippen LogP contribution in [0.25, 0.3) is 0 Å². The first-order chi connectivity index (χ1) is 11.5. The maximum Gasteiger partial charge on any atom is 0.284 e. The van der Waals surface area contributed by atoms with Crippen molar-refractivity contribution in [2.45, 2.75) is 11.8 Å². The number of benzene rings is 2. The van der Waals surface area contributed by atoms with Gasteiger partial charge in [-0.25, -0.2) is 0 Å². The Balaban J connectivity index is 2.55. The molecule has 0 heterocycles. The highest BCUT2D eigenvalue weighted by Gasteiger charge is 2.16. The van der Waals surface area contributed by atoms with Crippen LogP contribution in [0.4, 0.5) is 0 Å². The molecule has 0 saturated carbocycles. The third-order valence-electron chi connectivity index (χ3n) is 3.10. The highest BCUT2D eigenvalue weighted by Crippen LogP contribution is 2.16. The molecule has 2 aromatic rings. The maximum atomic E-state index is 12.6. The number of hydrogen-bond acceptors (Lipinski definition) is 4. The lowest BCUT2D eigenvalue weighted by Gasteiger charge is -2.06. The lowest BCUT2D eigenvalue weighted by atomic mass is 10.2. The molecule has 0 bridgehead atoms. The summed E-state index contributed by atoms with van der Waals surface area (Å²) in [5, 5.41) is 0.330. The zero-order valence-corrected chi connectivity index (χ0v) is 15.3. The van der Waals surface area contributed by atoms with E-state index in [0.717, 1.165) is 5.56 Å². The summed E-state index contributed by atoms with van der Waals surface area (Å²) in [7, 11) is -2.39. The molecule has 0 aliphatic rings. The predicted molar refractivity (Wildman–Crippen MR) is 99.3 cm³/mol. The van der Waals surface area contributed by atoms with Gasteiger partial charge in [-0.15, -0.1) is 4.40 Å². The van der Waals surface area contributed by atoms with E-state index in [2.05, 4.69) is 9.39 Å². The van der Waals surface area contributed by atoms with Gasteiger partial charge in [0, 0.05) is 5.56 Å². The molecule has 0 radical (unpaired) electrons. The van der Waals surface area contributed by atoms with Crippen molar-refractivity contribution in [3.05, 3.63) is 65.7 Å². The predicted octanol–water partition coefficient (Wildman–Crippen LogP) is 3.50. The minimum absolute atomic E-state index is 0.0855. The Morgan fingerprint density at radius 1 is 1.04 bits per heavy atom. The van der Waals surface area contributed by atoms with Gasteiger partial charge >= 0.3 is 0 Å². The maximum absolute atomic E-state index is 12.6. The summed E-state index contributed by atoms with van der Waals surface area (Å²) in [6.07, 6.45) is 1.79. The second-order valence-electron chi connectivity index (χ2n) is 4.85. The molecule has 0 spiro atoms. The lowest BCUT2D eigenvalue weighted by Crippen LogP contribution is -2.08. The van der Waals surface area contributed by atoms with E-state index < -0.39 is 10.0 Å². The Kier molecular flexibility index (Phi) is 6.16. The number of rotatable bonds is 3. The second-order valence-corrected chi connectivity index (χ2v) is 7.22. The summed E-state index contributed by atoms with van der Waals surface area (Å²) in [6, 6.07) is 15.5. The Labute approximate surface area is 146 Å². The van der Waals surface area contributed by atoms with Gasteiger partial charge in [0.25, 0.3) is 15.3 Å². The molecule has 0 aromatic heterocycles. The van der Waals surface area contributed by atoms with Crippen LogP contribution in [0.3, 0.4) is 0 Å². The van der Waals surface area contributed by atoms with E-state index in [1.165, 1.54) is 31.0 Å². The van der Waals surface area contributed by atoms with Crippen molar-refractivity contribution in [3.8, 4) is 0 Å². The molecular weight excluding hydrogens is 344 g/mol. The molecule has 126 valence electrons. The molecule has 7 heteroatoms. The number of aryl methyl sites for hydroxylation is 1. The van der Waals surface area contributed by atoms with Gasteiger partial charge in [-0.2, -0.15) is 13.4 Å². The van der Waals surface area contributed by atoms with Crippen molar-refractivity contribution in [1.29, 1.82) is 0 Å². The topological polar surface area (TPSA) is 68.1 Å². The Morgan fingerprint density at radius 2 is 1.67 bits per heavy atom. The Hall–Kier alpha value is -2.12. The van der Waals surface area contributed by atoms with Crippen LogP contribution in [0, 0.1) is 6.92 Å². The lowest BCUT2D eigenvalue weighted by molar-refractivity contribution is 0.417. The summed E-state index contributed by atoms with van der Waals surface area (Å²) in [4.78, 5) is 4.36. The molecule has 0 unspecified atom stereocenters.